The zero-order valence-corrected chi connectivity index (χ0v) is 21.7. The number of ether oxygens (including phenoxy) is 1. The lowest BCUT2D eigenvalue weighted by atomic mass is 10.0. The Kier molecular flexibility index (Phi) is 7.75. The molecule has 0 saturated heterocycles. The van der Waals surface area contributed by atoms with E-state index in [0.717, 1.165) is 22.4 Å². The highest BCUT2D eigenvalue weighted by atomic mass is 35.5. The summed E-state index contributed by atoms with van der Waals surface area (Å²) in [5, 5.41) is 8.73. The number of furan rings is 1. The van der Waals surface area contributed by atoms with E-state index >= 15 is 0 Å². The minimum absolute atomic E-state index is 0.128. The SMILES string of the molecule is Cc1cc(OCc2ccc(C(=O)Nc3nn(Cc4ccc(Cl)cc4)cc3Cl)o2)c(C(C)C)cc1Cl. The molecule has 9 heteroatoms. The van der Waals surface area contributed by atoms with Gasteiger partial charge in [0.15, 0.2) is 11.6 Å². The number of anilines is 1. The van der Waals surface area contributed by atoms with Crippen molar-refractivity contribution in [3.05, 3.63) is 98.0 Å². The zero-order valence-electron chi connectivity index (χ0n) is 19.4. The fourth-order valence-electron chi connectivity index (χ4n) is 3.48. The smallest absolute Gasteiger partial charge is 0.292 e. The quantitative estimate of drug-likeness (QED) is 0.252. The van der Waals surface area contributed by atoms with Crippen LogP contribution >= 0.6 is 34.8 Å². The Hall–Kier alpha value is -2.93. The van der Waals surface area contributed by atoms with Crippen LogP contribution in [-0.4, -0.2) is 15.7 Å². The van der Waals surface area contributed by atoms with Crippen molar-refractivity contribution >= 4 is 46.5 Å². The number of hydrogen-bond acceptors (Lipinski definition) is 4. The number of rotatable bonds is 8. The van der Waals surface area contributed by atoms with E-state index in [4.69, 9.17) is 44.0 Å². The van der Waals surface area contributed by atoms with E-state index < -0.39 is 5.91 Å². The molecule has 1 amide bonds. The number of nitrogens with one attached hydrogen (secondary N) is 1. The molecule has 182 valence electrons. The second kappa shape index (κ2) is 10.8. The van der Waals surface area contributed by atoms with E-state index in [1.807, 2.05) is 31.2 Å². The summed E-state index contributed by atoms with van der Waals surface area (Å²) in [6, 6.07) is 14.5. The van der Waals surface area contributed by atoms with E-state index in [9.17, 15) is 4.79 Å². The van der Waals surface area contributed by atoms with Crippen molar-refractivity contribution in [1.82, 2.24) is 9.78 Å². The summed E-state index contributed by atoms with van der Waals surface area (Å²) in [7, 11) is 0. The van der Waals surface area contributed by atoms with Gasteiger partial charge in [-0.1, -0.05) is 60.8 Å². The van der Waals surface area contributed by atoms with Gasteiger partial charge in [0.25, 0.3) is 5.91 Å². The highest BCUT2D eigenvalue weighted by Gasteiger charge is 2.17. The number of carbonyl (C=O) groups excluding carboxylic acids is 1. The number of carbonyl (C=O) groups is 1. The van der Waals surface area contributed by atoms with Crippen LogP contribution in [0.3, 0.4) is 0 Å². The standard InChI is InChI=1S/C26H24Cl3N3O3/c1-15(2)20-11-21(28)16(3)10-24(20)34-14-19-8-9-23(35-19)26(33)30-25-22(29)13-32(31-25)12-17-4-6-18(27)7-5-17/h4-11,13,15H,12,14H2,1-3H3,(H,30,31,33). The first-order valence-corrected chi connectivity index (χ1v) is 12.1. The van der Waals surface area contributed by atoms with Gasteiger partial charge in [-0.3, -0.25) is 9.48 Å². The molecule has 0 aliphatic heterocycles. The fourth-order valence-corrected chi connectivity index (χ4v) is 3.98. The third kappa shape index (κ3) is 6.20. The van der Waals surface area contributed by atoms with Gasteiger partial charge in [-0.25, -0.2) is 0 Å². The molecule has 6 nitrogen and oxygen atoms in total. The minimum Gasteiger partial charge on any atom is -0.485 e. The van der Waals surface area contributed by atoms with Crippen LogP contribution in [0.1, 0.15) is 52.8 Å². The molecule has 35 heavy (non-hydrogen) atoms. The first-order valence-electron chi connectivity index (χ1n) is 11.0. The van der Waals surface area contributed by atoms with Gasteiger partial charge < -0.3 is 14.5 Å². The summed E-state index contributed by atoms with van der Waals surface area (Å²) in [4.78, 5) is 12.7. The molecule has 2 aromatic carbocycles. The maximum atomic E-state index is 12.7. The Morgan fingerprint density at radius 2 is 1.83 bits per heavy atom. The zero-order chi connectivity index (χ0) is 25.1. The number of benzene rings is 2. The van der Waals surface area contributed by atoms with Gasteiger partial charge >= 0.3 is 0 Å². The third-order valence-electron chi connectivity index (χ3n) is 5.38. The first kappa shape index (κ1) is 25.2. The van der Waals surface area contributed by atoms with Crippen molar-refractivity contribution in [2.75, 3.05) is 5.32 Å². The Morgan fingerprint density at radius 3 is 2.54 bits per heavy atom. The Bertz CT molecular complexity index is 1340. The van der Waals surface area contributed by atoms with Crippen LogP contribution in [0.15, 0.2) is 59.1 Å². The lowest BCUT2D eigenvalue weighted by Crippen LogP contribution is -2.12. The molecule has 4 rings (SSSR count). The predicted octanol–water partition coefficient (Wildman–Crippen LogP) is 7.75. The van der Waals surface area contributed by atoms with Gasteiger partial charge in [-0.05, 0) is 65.9 Å². The van der Waals surface area contributed by atoms with Gasteiger partial charge in [0, 0.05) is 16.2 Å². The summed E-state index contributed by atoms with van der Waals surface area (Å²) in [5.74, 6) is 1.41. The predicted molar refractivity (Wildman–Crippen MR) is 139 cm³/mol. The molecule has 0 fully saturated rings. The van der Waals surface area contributed by atoms with Crippen LogP contribution in [0.5, 0.6) is 5.75 Å². The summed E-state index contributed by atoms with van der Waals surface area (Å²) in [5.41, 5.74) is 2.94. The molecule has 0 aliphatic rings. The molecule has 1 N–H and O–H groups in total. The number of hydrogen-bond donors (Lipinski definition) is 1. The van der Waals surface area contributed by atoms with Crippen molar-refractivity contribution in [2.45, 2.75) is 39.8 Å². The van der Waals surface area contributed by atoms with Gasteiger partial charge in [-0.2, -0.15) is 5.10 Å². The summed E-state index contributed by atoms with van der Waals surface area (Å²) in [6.07, 6.45) is 1.65. The van der Waals surface area contributed by atoms with E-state index in [0.29, 0.717) is 27.4 Å². The number of amides is 1. The molecule has 2 aromatic heterocycles. The molecule has 2 heterocycles. The monoisotopic (exact) mass is 531 g/mol. The van der Waals surface area contributed by atoms with E-state index in [1.165, 1.54) is 0 Å². The number of nitrogens with zero attached hydrogens (tertiary/aromatic N) is 2. The molecule has 0 radical (unpaired) electrons. The van der Waals surface area contributed by atoms with Crippen LogP contribution in [0.4, 0.5) is 5.82 Å². The lowest BCUT2D eigenvalue weighted by Gasteiger charge is -2.15. The second-order valence-corrected chi connectivity index (χ2v) is 9.70. The van der Waals surface area contributed by atoms with Gasteiger partial charge in [0.2, 0.25) is 0 Å². The number of halogens is 3. The summed E-state index contributed by atoms with van der Waals surface area (Å²) in [6.45, 7) is 6.73. The largest absolute Gasteiger partial charge is 0.485 e. The Morgan fingerprint density at radius 1 is 1.09 bits per heavy atom. The van der Waals surface area contributed by atoms with Crippen molar-refractivity contribution < 1.29 is 13.9 Å². The van der Waals surface area contributed by atoms with E-state index in [-0.39, 0.29) is 24.1 Å². The summed E-state index contributed by atoms with van der Waals surface area (Å²) < 4.78 is 13.3. The van der Waals surface area contributed by atoms with Crippen LogP contribution in [-0.2, 0) is 13.2 Å². The van der Waals surface area contributed by atoms with Crippen molar-refractivity contribution in [3.8, 4) is 5.75 Å². The third-order valence-corrected chi connectivity index (χ3v) is 6.31. The average molecular weight is 533 g/mol. The minimum atomic E-state index is -0.458. The fraction of sp³-hybridized carbons (Fsp3) is 0.231. The molecule has 0 spiro atoms. The van der Waals surface area contributed by atoms with Crippen LogP contribution in [0, 0.1) is 6.92 Å². The van der Waals surface area contributed by atoms with Crippen molar-refractivity contribution in [1.29, 1.82) is 0 Å². The van der Waals surface area contributed by atoms with Gasteiger partial charge in [0.05, 0.1) is 6.54 Å². The molecule has 0 aliphatic carbocycles. The maximum Gasteiger partial charge on any atom is 0.292 e. The highest BCUT2D eigenvalue weighted by molar-refractivity contribution is 6.33. The molecular weight excluding hydrogens is 509 g/mol. The van der Waals surface area contributed by atoms with Gasteiger partial charge in [0.1, 0.15) is 23.1 Å². The van der Waals surface area contributed by atoms with E-state index in [2.05, 4.69) is 24.3 Å². The average Bonchev–Trinajstić information content (AvgIpc) is 3.42. The van der Waals surface area contributed by atoms with Gasteiger partial charge in [-0.15, -0.1) is 0 Å². The number of aryl methyl sites for hydroxylation is 1. The molecule has 0 atom stereocenters. The molecule has 0 bridgehead atoms. The Labute approximate surface area is 218 Å². The summed E-state index contributed by atoms with van der Waals surface area (Å²) >= 11 is 18.5. The molecular formula is C26H24Cl3N3O3. The highest BCUT2D eigenvalue weighted by Crippen LogP contribution is 2.32. The lowest BCUT2D eigenvalue weighted by molar-refractivity contribution is 0.0992. The molecule has 4 aromatic rings. The van der Waals surface area contributed by atoms with E-state index in [1.54, 1.807) is 35.1 Å². The normalized spacial score (nSPS) is 11.2. The van der Waals surface area contributed by atoms with Crippen LogP contribution in [0.25, 0.3) is 0 Å². The molecule has 0 saturated carbocycles. The topological polar surface area (TPSA) is 69.3 Å². The maximum absolute atomic E-state index is 12.7. The van der Waals surface area contributed by atoms with Crippen molar-refractivity contribution in [3.63, 3.8) is 0 Å². The Balaban J connectivity index is 1.40. The number of aromatic nitrogens is 2. The first-order chi connectivity index (χ1) is 16.7. The molecule has 0 unspecified atom stereocenters. The van der Waals surface area contributed by atoms with Crippen LogP contribution < -0.4 is 10.1 Å². The van der Waals surface area contributed by atoms with Crippen molar-refractivity contribution in [2.24, 2.45) is 0 Å². The second-order valence-electron chi connectivity index (χ2n) is 8.45. The van der Waals surface area contributed by atoms with Crippen LogP contribution in [0.2, 0.25) is 15.1 Å².